The number of hydrogen-bond donors (Lipinski definition) is 1. The SMILES string of the molecule is Cc1cc2c(cc1N1c3cc4ccccc4c(-c4cc5ccccc5cc4Nc4cccc5sc6ccccc6c45)c3[B]c3oc4cc5c(cc4c31)C(C)(C)CCC5(C)C)C(C)(C)CCC2(C)C. The van der Waals surface area contributed by atoms with Crippen molar-refractivity contribution in [2.75, 3.05) is 10.2 Å². The lowest BCUT2D eigenvalue weighted by Gasteiger charge is -2.43. The van der Waals surface area contributed by atoms with Crippen molar-refractivity contribution in [3.05, 3.63) is 161 Å². The second kappa shape index (κ2) is 14.4. The van der Waals surface area contributed by atoms with Gasteiger partial charge in [0.05, 0.1) is 11.3 Å². The van der Waals surface area contributed by atoms with Crippen LogP contribution in [0.1, 0.15) is 109 Å². The van der Waals surface area contributed by atoms with Gasteiger partial charge in [0, 0.05) is 53.9 Å². The molecule has 3 aliphatic rings. The molecule has 2 aliphatic carbocycles. The Morgan fingerprint density at radius 3 is 1.84 bits per heavy atom. The van der Waals surface area contributed by atoms with Gasteiger partial charge in [-0.15, -0.1) is 11.3 Å². The van der Waals surface area contributed by atoms with Crippen molar-refractivity contribution in [3.63, 3.8) is 0 Å². The molecular weight excluding hydrogens is 844 g/mol. The summed E-state index contributed by atoms with van der Waals surface area (Å²) in [6, 6.07) is 50.6. The highest BCUT2D eigenvalue weighted by Gasteiger charge is 2.42. The number of fused-ring (bicyclic) bond motifs is 11. The molecule has 68 heavy (non-hydrogen) atoms. The fourth-order valence-corrected chi connectivity index (χ4v) is 13.6. The van der Waals surface area contributed by atoms with Crippen molar-refractivity contribution in [2.24, 2.45) is 0 Å². The van der Waals surface area contributed by atoms with Crippen LogP contribution >= 0.6 is 11.3 Å². The van der Waals surface area contributed by atoms with Crippen molar-refractivity contribution < 1.29 is 4.42 Å². The van der Waals surface area contributed by atoms with Crippen LogP contribution in [0.25, 0.3) is 63.8 Å². The lowest BCUT2D eigenvalue weighted by Crippen LogP contribution is -2.40. The molecule has 3 nitrogen and oxygen atoms in total. The largest absolute Gasteiger partial charge is 0.469 e. The molecule has 3 heterocycles. The molecule has 0 bridgehead atoms. The summed E-state index contributed by atoms with van der Waals surface area (Å²) in [6.45, 7) is 21.8. The van der Waals surface area contributed by atoms with Crippen LogP contribution in [0.3, 0.4) is 0 Å². The minimum Gasteiger partial charge on any atom is -0.469 e. The van der Waals surface area contributed by atoms with Crippen molar-refractivity contribution in [2.45, 2.75) is 110 Å². The van der Waals surface area contributed by atoms with Crippen molar-refractivity contribution in [1.82, 2.24) is 0 Å². The van der Waals surface area contributed by atoms with Crippen LogP contribution < -0.4 is 21.3 Å². The highest BCUT2D eigenvalue weighted by Crippen LogP contribution is 2.54. The van der Waals surface area contributed by atoms with Gasteiger partial charge in [-0.1, -0.05) is 134 Å². The number of hydrogen-bond acceptors (Lipinski definition) is 4. The number of rotatable bonds is 4. The zero-order valence-corrected chi connectivity index (χ0v) is 41.7. The molecule has 13 rings (SSSR count). The van der Waals surface area contributed by atoms with Gasteiger partial charge in [-0.25, -0.2) is 0 Å². The predicted octanol–water partition coefficient (Wildman–Crippen LogP) is 17.0. The molecule has 10 aromatic rings. The zero-order chi connectivity index (χ0) is 46.6. The summed E-state index contributed by atoms with van der Waals surface area (Å²) in [5.41, 5.74) is 18.4. The number of aryl methyl sites for hydroxylation is 1. The van der Waals surface area contributed by atoms with Crippen molar-refractivity contribution in [1.29, 1.82) is 0 Å². The summed E-state index contributed by atoms with van der Waals surface area (Å²) in [5.74, 6) is 0. The number of benzene rings is 8. The molecule has 5 heteroatoms. The average molecular weight is 902 g/mol. The fourth-order valence-electron chi connectivity index (χ4n) is 12.5. The van der Waals surface area contributed by atoms with E-state index in [-0.39, 0.29) is 21.7 Å². The van der Waals surface area contributed by atoms with Gasteiger partial charge in [0.15, 0.2) is 0 Å². The number of furan rings is 1. The Labute approximate surface area is 405 Å². The molecular formula is C63H58BN2OS. The predicted molar refractivity (Wildman–Crippen MR) is 294 cm³/mol. The molecule has 8 aromatic carbocycles. The van der Waals surface area contributed by atoms with Gasteiger partial charge >= 0.3 is 0 Å². The first-order chi connectivity index (χ1) is 32.6. The van der Waals surface area contributed by atoms with Crippen LogP contribution in [0.15, 0.2) is 138 Å². The molecule has 0 saturated heterocycles. The Balaban J connectivity index is 1.12. The molecule has 1 N–H and O–H groups in total. The van der Waals surface area contributed by atoms with E-state index in [1.807, 2.05) is 11.3 Å². The standard InChI is InChI=1S/C63H58BN2OS/c1-36-29-44-46(62(6,7)27-25-60(44,2)3)34-50(36)66-51-32-39-19-12-13-20-40(39)55(57(51)64-59-58(66)43-33-45-47(35-52(43)67-59)63(8,9)28-26-61(45,4)5)42-30-37-17-10-11-18-38(37)31-49(42)65-48-22-16-24-54-56(48)41-21-14-15-23-53(41)68-54/h10-24,29-35,65H,25-28H2,1-9H3. The van der Waals surface area contributed by atoms with Gasteiger partial charge < -0.3 is 14.6 Å². The molecule has 0 unspecified atom stereocenters. The second-order valence-corrected chi connectivity index (χ2v) is 24.0. The highest BCUT2D eigenvalue weighted by atomic mass is 32.1. The Bertz CT molecular complexity index is 3790. The maximum atomic E-state index is 7.32. The van der Waals surface area contributed by atoms with E-state index in [1.54, 1.807) is 0 Å². The molecule has 0 atom stereocenters. The second-order valence-electron chi connectivity index (χ2n) is 23.0. The van der Waals surface area contributed by atoms with Gasteiger partial charge in [-0.3, -0.25) is 0 Å². The molecule has 0 fully saturated rings. The molecule has 0 amide bonds. The summed E-state index contributed by atoms with van der Waals surface area (Å²) >= 11 is 1.86. The first kappa shape index (κ1) is 41.9. The smallest absolute Gasteiger partial charge is 0.247 e. The molecule has 2 aromatic heterocycles. The zero-order valence-electron chi connectivity index (χ0n) is 40.9. The van der Waals surface area contributed by atoms with E-state index in [0.29, 0.717) is 0 Å². The number of anilines is 5. The summed E-state index contributed by atoms with van der Waals surface area (Å²) in [7, 11) is 2.38. The van der Waals surface area contributed by atoms with E-state index >= 15 is 0 Å². The summed E-state index contributed by atoms with van der Waals surface area (Å²) in [6.07, 6.45) is 4.63. The highest BCUT2D eigenvalue weighted by molar-refractivity contribution is 7.26. The van der Waals surface area contributed by atoms with Crippen molar-refractivity contribution >= 4 is 111 Å². The van der Waals surface area contributed by atoms with Crippen molar-refractivity contribution in [3.8, 4) is 11.1 Å². The Kier molecular flexibility index (Phi) is 8.85. The lowest BCUT2D eigenvalue weighted by molar-refractivity contribution is 0.332. The third-order valence-electron chi connectivity index (χ3n) is 16.7. The number of nitrogens with zero attached hydrogens (tertiary/aromatic N) is 1. The van der Waals surface area contributed by atoms with E-state index in [9.17, 15) is 0 Å². The van der Waals surface area contributed by atoms with Crippen LogP contribution in [0, 0.1) is 6.92 Å². The normalized spacial score (nSPS) is 17.5. The quantitative estimate of drug-likeness (QED) is 0.178. The van der Waals surface area contributed by atoms with Gasteiger partial charge in [0.1, 0.15) is 5.58 Å². The van der Waals surface area contributed by atoms with Crippen LogP contribution in [-0.4, -0.2) is 7.28 Å². The Morgan fingerprint density at radius 2 is 1.12 bits per heavy atom. The molecule has 0 spiro atoms. The van der Waals surface area contributed by atoms with E-state index in [2.05, 4.69) is 213 Å². The molecule has 1 aliphatic heterocycles. The van der Waals surface area contributed by atoms with Crippen LogP contribution in [0.4, 0.5) is 28.4 Å². The molecule has 0 saturated carbocycles. The summed E-state index contributed by atoms with van der Waals surface area (Å²) < 4.78 is 9.90. The van der Waals surface area contributed by atoms with E-state index in [4.69, 9.17) is 4.42 Å². The van der Waals surface area contributed by atoms with Gasteiger partial charge in [-0.05, 0) is 169 Å². The van der Waals surface area contributed by atoms with E-state index in [0.717, 1.165) is 58.6 Å². The van der Waals surface area contributed by atoms with Crippen LogP contribution in [0.2, 0.25) is 0 Å². The maximum Gasteiger partial charge on any atom is 0.247 e. The minimum atomic E-state index is 0.0326. The van der Waals surface area contributed by atoms with Crippen LogP contribution in [0.5, 0.6) is 0 Å². The van der Waals surface area contributed by atoms with E-state index < -0.39 is 0 Å². The molecule has 335 valence electrons. The lowest BCUT2D eigenvalue weighted by atomic mass is 9.60. The maximum absolute atomic E-state index is 7.32. The Hall–Kier alpha value is -6.30. The fraction of sp³-hybridized carbons (Fsp3) is 0.270. The van der Waals surface area contributed by atoms with Gasteiger partial charge in [0.2, 0.25) is 7.28 Å². The Morgan fingerprint density at radius 1 is 0.529 bits per heavy atom. The van der Waals surface area contributed by atoms with E-state index in [1.165, 1.54) is 98.3 Å². The molecule has 1 radical (unpaired) electrons. The van der Waals surface area contributed by atoms with Crippen LogP contribution in [-0.2, 0) is 21.7 Å². The first-order valence-corrected chi connectivity index (χ1v) is 25.6. The topological polar surface area (TPSA) is 28.4 Å². The summed E-state index contributed by atoms with van der Waals surface area (Å²) in [4.78, 5) is 2.61. The number of thiophene rings is 1. The van der Waals surface area contributed by atoms with Gasteiger partial charge in [0.25, 0.3) is 0 Å². The number of nitrogens with one attached hydrogen (secondary N) is 1. The minimum absolute atomic E-state index is 0.0326. The monoisotopic (exact) mass is 901 g/mol. The van der Waals surface area contributed by atoms with Gasteiger partial charge in [-0.2, -0.15) is 0 Å². The average Bonchev–Trinajstić information content (AvgIpc) is 3.88. The third kappa shape index (κ3) is 6.16. The first-order valence-electron chi connectivity index (χ1n) is 24.7. The summed E-state index contributed by atoms with van der Waals surface area (Å²) in [5, 5.41) is 12.7. The third-order valence-corrected chi connectivity index (χ3v) is 17.8.